The molecular formula is C27H35N7O4. The fourth-order valence-corrected chi connectivity index (χ4v) is 5.99. The molecule has 2 heterocycles. The van der Waals surface area contributed by atoms with Gasteiger partial charge in [0.15, 0.2) is 0 Å². The van der Waals surface area contributed by atoms with Crippen molar-refractivity contribution in [2.24, 2.45) is 10.6 Å². The van der Waals surface area contributed by atoms with Crippen LogP contribution in [0.3, 0.4) is 0 Å². The number of nitrogens with zero attached hydrogens (tertiary/aromatic N) is 4. The number of amides is 2. The van der Waals surface area contributed by atoms with Crippen molar-refractivity contribution in [3.63, 3.8) is 0 Å². The van der Waals surface area contributed by atoms with Crippen LogP contribution in [0.25, 0.3) is 0 Å². The molecule has 1 aromatic heterocycles. The van der Waals surface area contributed by atoms with E-state index in [2.05, 4.69) is 54.2 Å². The summed E-state index contributed by atoms with van der Waals surface area (Å²) in [6.07, 6.45) is 5.39. The number of nitrogens with one attached hydrogen (secondary N) is 3. The van der Waals surface area contributed by atoms with Crippen LogP contribution in [-0.4, -0.2) is 80.5 Å². The lowest BCUT2D eigenvalue weighted by Gasteiger charge is -2.57. The molecule has 11 heteroatoms. The number of β-amino-alcohol motifs (C(OH)–C–C–N with tert-alkyl or cyclic N) is 1. The number of aliphatic hydroxyl groups is 1. The minimum atomic E-state index is -0.675. The topological polar surface area (TPSA) is 152 Å². The first kappa shape index (κ1) is 26.1. The number of oxime groups is 1. The van der Waals surface area contributed by atoms with Crippen LogP contribution in [0.15, 0.2) is 41.8 Å². The highest BCUT2D eigenvalue weighted by Gasteiger charge is 2.53. The zero-order valence-corrected chi connectivity index (χ0v) is 21.6. The minimum Gasteiger partial charge on any atom is -0.410 e. The third-order valence-electron chi connectivity index (χ3n) is 7.96. The zero-order chi connectivity index (χ0) is 26.7. The lowest BCUT2D eigenvalue weighted by molar-refractivity contribution is -0.118. The van der Waals surface area contributed by atoms with Crippen molar-refractivity contribution in [3.8, 4) is 0 Å². The van der Waals surface area contributed by atoms with E-state index in [9.17, 15) is 14.7 Å². The summed E-state index contributed by atoms with van der Waals surface area (Å²) in [7, 11) is 0. The van der Waals surface area contributed by atoms with Crippen molar-refractivity contribution in [2.75, 3.05) is 25.0 Å². The van der Waals surface area contributed by atoms with Crippen LogP contribution >= 0.6 is 0 Å². The molecule has 5 rings (SSSR count). The monoisotopic (exact) mass is 521 g/mol. The summed E-state index contributed by atoms with van der Waals surface area (Å²) in [5, 5.41) is 31.2. The number of hydrogen-bond acceptors (Lipinski definition) is 9. The fourth-order valence-electron chi connectivity index (χ4n) is 5.99. The van der Waals surface area contributed by atoms with Crippen LogP contribution in [0.2, 0.25) is 0 Å². The Kier molecular flexibility index (Phi) is 7.57. The number of carbonyl (C=O) groups excluding carboxylic acids is 2. The average molecular weight is 522 g/mol. The number of carbonyl (C=O) groups is 2. The second-order valence-corrected chi connectivity index (χ2v) is 10.9. The summed E-state index contributed by atoms with van der Waals surface area (Å²) >= 11 is 0. The molecule has 1 spiro atoms. The van der Waals surface area contributed by atoms with Crippen molar-refractivity contribution in [2.45, 2.75) is 63.8 Å². The summed E-state index contributed by atoms with van der Waals surface area (Å²) < 4.78 is 0. The maximum Gasteiger partial charge on any atom is 0.270 e. The van der Waals surface area contributed by atoms with E-state index in [1.165, 1.54) is 24.4 Å². The fraction of sp³-hybridized carbons (Fsp3) is 0.519. The van der Waals surface area contributed by atoms with Gasteiger partial charge in [0.1, 0.15) is 23.6 Å². The molecule has 38 heavy (non-hydrogen) atoms. The van der Waals surface area contributed by atoms with Gasteiger partial charge in [0, 0.05) is 44.3 Å². The number of aliphatic hydroxyl groups excluding tert-OH is 1. The third kappa shape index (κ3) is 5.94. The van der Waals surface area contributed by atoms with Gasteiger partial charge in [0.05, 0.1) is 6.10 Å². The Labute approximate surface area is 221 Å². The second-order valence-electron chi connectivity index (χ2n) is 10.9. The maximum absolute atomic E-state index is 12.7. The molecule has 2 saturated carbocycles. The zero-order valence-electron chi connectivity index (χ0n) is 21.6. The predicted molar refractivity (Wildman–Crippen MR) is 141 cm³/mol. The SMILES string of the molecule is C/C(=N/O)C(=O)NC1CC2(C1)CC(Nc1cc(C(=O)NC[C@H](O)CN3CCc4ccccc4C3)ncn1)C2. The highest BCUT2D eigenvalue weighted by Crippen LogP contribution is 2.56. The predicted octanol–water partition coefficient (Wildman–Crippen LogP) is 1.32. The van der Waals surface area contributed by atoms with E-state index in [0.29, 0.717) is 12.4 Å². The summed E-state index contributed by atoms with van der Waals surface area (Å²) in [6.45, 7) is 3.81. The molecule has 2 amide bonds. The van der Waals surface area contributed by atoms with E-state index in [4.69, 9.17) is 5.21 Å². The Morgan fingerprint density at radius 3 is 2.66 bits per heavy atom. The number of benzene rings is 1. The molecule has 2 fully saturated rings. The maximum atomic E-state index is 12.7. The Hall–Kier alpha value is -3.57. The van der Waals surface area contributed by atoms with Crippen molar-refractivity contribution in [3.05, 3.63) is 53.5 Å². The Morgan fingerprint density at radius 2 is 1.89 bits per heavy atom. The van der Waals surface area contributed by atoms with Gasteiger partial charge in [0.25, 0.3) is 11.8 Å². The lowest BCUT2D eigenvalue weighted by Crippen LogP contribution is -2.59. The molecule has 0 bridgehead atoms. The Bertz CT molecular complexity index is 1210. The van der Waals surface area contributed by atoms with Crippen molar-refractivity contribution in [1.82, 2.24) is 25.5 Å². The molecule has 1 aliphatic heterocycles. The number of fused-ring (bicyclic) bond motifs is 1. The summed E-state index contributed by atoms with van der Waals surface area (Å²) in [5.41, 5.74) is 3.19. The standard InChI is InChI=1S/C27H35N7O4/c1-17(33-38)25(36)32-21-11-27(12-21)9-20(10-27)31-24-8-23(29-16-30-24)26(37)28-13-22(35)15-34-7-6-18-4-2-3-5-19(18)14-34/h2-5,8,16,20-22,35,38H,6-7,9-15H2,1H3,(H,28,37)(H,32,36)(H,29,30,31)/b33-17-/t20?,21?,22-,27?/m0/s1. The van der Waals surface area contributed by atoms with E-state index in [-0.39, 0.29) is 47.3 Å². The van der Waals surface area contributed by atoms with Crippen molar-refractivity contribution in [1.29, 1.82) is 0 Å². The quantitative estimate of drug-likeness (QED) is 0.188. The Morgan fingerprint density at radius 1 is 1.16 bits per heavy atom. The summed E-state index contributed by atoms with van der Waals surface area (Å²) in [4.78, 5) is 35.1. The number of rotatable bonds is 9. The molecule has 5 N–H and O–H groups in total. The van der Waals surface area contributed by atoms with E-state index in [1.807, 2.05) is 6.07 Å². The van der Waals surface area contributed by atoms with Crippen molar-refractivity contribution < 1.29 is 19.9 Å². The first-order valence-electron chi connectivity index (χ1n) is 13.2. The largest absolute Gasteiger partial charge is 0.410 e. The molecule has 202 valence electrons. The molecule has 2 aliphatic carbocycles. The van der Waals surface area contributed by atoms with Crippen LogP contribution in [0.4, 0.5) is 5.82 Å². The molecule has 1 atom stereocenters. The summed E-state index contributed by atoms with van der Waals surface area (Å²) in [5.74, 6) is -0.0859. The van der Waals surface area contributed by atoms with E-state index in [0.717, 1.165) is 45.2 Å². The van der Waals surface area contributed by atoms with Crippen LogP contribution in [0, 0.1) is 5.41 Å². The number of hydrogen-bond donors (Lipinski definition) is 5. The minimum absolute atomic E-state index is 0.0605. The highest BCUT2D eigenvalue weighted by molar-refractivity contribution is 6.37. The molecule has 11 nitrogen and oxygen atoms in total. The van der Waals surface area contributed by atoms with Gasteiger partial charge in [-0.15, -0.1) is 0 Å². The van der Waals surface area contributed by atoms with Gasteiger partial charge in [-0.3, -0.25) is 14.5 Å². The normalized spacial score (nSPS) is 25.5. The van der Waals surface area contributed by atoms with Gasteiger partial charge < -0.3 is 26.3 Å². The smallest absolute Gasteiger partial charge is 0.270 e. The van der Waals surface area contributed by atoms with Gasteiger partial charge in [-0.05, 0) is 55.6 Å². The van der Waals surface area contributed by atoms with E-state index < -0.39 is 6.10 Å². The number of aromatic nitrogens is 2. The van der Waals surface area contributed by atoms with Crippen LogP contribution in [0.5, 0.6) is 0 Å². The molecule has 0 radical (unpaired) electrons. The Balaban J connectivity index is 1.03. The lowest BCUT2D eigenvalue weighted by atomic mass is 9.52. The van der Waals surface area contributed by atoms with Crippen LogP contribution < -0.4 is 16.0 Å². The van der Waals surface area contributed by atoms with Gasteiger partial charge >= 0.3 is 0 Å². The van der Waals surface area contributed by atoms with Crippen LogP contribution in [0.1, 0.15) is 54.2 Å². The highest BCUT2D eigenvalue weighted by atomic mass is 16.4. The third-order valence-corrected chi connectivity index (χ3v) is 7.96. The first-order chi connectivity index (χ1) is 18.3. The van der Waals surface area contributed by atoms with Gasteiger partial charge in [-0.25, -0.2) is 9.97 Å². The first-order valence-corrected chi connectivity index (χ1v) is 13.2. The molecule has 3 aliphatic rings. The molecule has 1 aromatic carbocycles. The van der Waals surface area contributed by atoms with Crippen molar-refractivity contribution >= 4 is 23.3 Å². The second kappa shape index (κ2) is 11.0. The molecule has 0 unspecified atom stereocenters. The van der Waals surface area contributed by atoms with Gasteiger partial charge in [0.2, 0.25) is 0 Å². The van der Waals surface area contributed by atoms with Crippen LogP contribution in [-0.2, 0) is 17.8 Å². The molecule has 2 aromatic rings. The van der Waals surface area contributed by atoms with E-state index in [1.54, 1.807) is 6.07 Å². The number of anilines is 1. The molecular weight excluding hydrogens is 486 g/mol. The van der Waals surface area contributed by atoms with E-state index >= 15 is 0 Å². The van der Waals surface area contributed by atoms with Gasteiger partial charge in [-0.2, -0.15) is 0 Å². The average Bonchev–Trinajstić information content (AvgIpc) is 2.88. The van der Waals surface area contributed by atoms with Gasteiger partial charge in [-0.1, -0.05) is 29.4 Å². The summed E-state index contributed by atoms with van der Waals surface area (Å²) in [6, 6.07) is 10.4. The molecule has 0 saturated heterocycles.